The predicted octanol–water partition coefficient (Wildman–Crippen LogP) is 3.02. The van der Waals surface area contributed by atoms with Gasteiger partial charge in [0.1, 0.15) is 12.2 Å². The summed E-state index contributed by atoms with van der Waals surface area (Å²) in [5.41, 5.74) is -0.349. The Morgan fingerprint density at radius 1 is 1.08 bits per heavy atom. The number of amidine groups is 1. The zero-order chi connectivity index (χ0) is 27.6. The summed E-state index contributed by atoms with van der Waals surface area (Å²) >= 11 is 0. The number of aromatic amines is 1. The van der Waals surface area contributed by atoms with Crippen LogP contribution in [-0.4, -0.2) is 79.5 Å². The number of aliphatic hydroxyl groups is 1. The molecule has 1 aliphatic rings. The third-order valence-electron chi connectivity index (χ3n) is 6.69. The van der Waals surface area contributed by atoms with Gasteiger partial charge >= 0.3 is 0 Å². The van der Waals surface area contributed by atoms with E-state index in [4.69, 9.17) is 5.41 Å². The second kappa shape index (κ2) is 10.7. The minimum Gasteiger partial charge on any atom is -0.375 e. The number of H-pyrrole nitrogens is 1. The number of anilines is 1. The van der Waals surface area contributed by atoms with Gasteiger partial charge in [-0.3, -0.25) is 10.1 Å². The number of piperazine rings is 1. The van der Waals surface area contributed by atoms with Gasteiger partial charge in [-0.25, -0.2) is 28.1 Å². The number of hydrogen-bond donors (Lipinski definition) is 3. The van der Waals surface area contributed by atoms with E-state index in [0.29, 0.717) is 38.0 Å². The van der Waals surface area contributed by atoms with Crippen LogP contribution in [0, 0.1) is 11.2 Å². The summed E-state index contributed by atoms with van der Waals surface area (Å²) in [4.78, 5) is 19.9. The molecule has 0 unspecified atom stereocenters. The van der Waals surface area contributed by atoms with E-state index in [2.05, 4.69) is 25.0 Å². The Morgan fingerprint density at radius 2 is 1.77 bits per heavy atom. The smallest absolute Gasteiger partial charge is 0.275 e. The van der Waals surface area contributed by atoms with Gasteiger partial charge in [0.05, 0.1) is 11.9 Å². The average molecular weight is 538 g/mol. The van der Waals surface area contributed by atoms with E-state index < -0.39 is 17.8 Å². The van der Waals surface area contributed by atoms with Gasteiger partial charge in [-0.15, -0.1) is 0 Å². The van der Waals surface area contributed by atoms with Crippen molar-refractivity contribution in [3.63, 3.8) is 0 Å². The van der Waals surface area contributed by atoms with Crippen molar-refractivity contribution in [2.75, 3.05) is 31.1 Å². The summed E-state index contributed by atoms with van der Waals surface area (Å²) in [7, 11) is 1.85. The highest BCUT2D eigenvalue weighted by Crippen LogP contribution is 2.35. The first-order valence-electron chi connectivity index (χ1n) is 12.1. The number of nitrogens with one attached hydrogen (secondary N) is 2. The van der Waals surface area contributed by atoms with Crippen LogP contribution >= 0.6 is 0 Å². The Balaban J connectivity index is 1.29. The molecule has 0 bridgehead atoms. The van der Waals surface area contributed by atoms with Gasteiger partial charge in [-0.05, 0) is 23.8 Å². The molecule has 4 heterocycles. The molecule has 0 spiro atoms. The minimum absolute atomic E-state index is 0.155. The van der Waals surface area contributed by atoms with Gasteiger partial charge in [0.25, 0.3) is 6.43 Å². The number of rotatable bonds is 7. The average Bonchev–Trinajstić information content (AvgIpc) is 3.61. The van der Waals surface area contributed by atoms with Gasteiger partial charge in [0, 0.05) is 74.7 Å². The Morgan fingerprint density at radius 3 is 2.36 bits per heavy atom. The van der Waals surface area contributed by atoms with Crippen molar-refractivity contribution in [1.82, 2.24) is 29.6 Å². The molecule has 202 valence electrons. The van der Waals surface area contributed by atoms with Crippen LogP contribution in [0.4, 0.5) is 19.1 Å². The van der Waals surface area contributed by atoms with Gasteiger partial charge in [0.15, 0.2) is 11.4 Å². The van der Waals surface area contributed by atoms with Crippen LogP contribution in [0.5, 0.6) is 0 Å². The van der Waals surface area contributed by atoms with Crippen molar-refractivity contribution in [2.45, 2.75) is 12.0 Å². The van der Waals surface area contributed by atoms with Crippen molar-refractivity contribution >= 4 is 18.1 Å². The van der Waals surface area contributed by atoms with E-state index >= 15 is 0 Å². The van der Waals surface area contributed by atoms with Gasteiger partial charge in [0.2, 0.25) is 5.95 Å². The van der Waals surface area contributed by atoms with Crippen LogP contribution < -0.4 is 4.90 Å². The summed E-state index contributed by atoms with van der Waals surface area (Å²) in [6.45, 7) is 2.14. The fourth-order valence-electron chi connectivity index (χ4n) is 4.57. The van der Waals surface area contributed by atoms with E-state index in [0.717, 1.165) is 47.4 Å². The van der Waals surface area contributed by atoms with Crippen molar-refractivity contribution < 1.29 is 18.3 Å². The molecule has 3 aromatic heterocycles. The number of aromatic nitrogens is 5. The fourth-order valence-corrected chi connectivity index (χ4v) is 4.57. The van der Waals surface area contributed by atoms with Crippen LogP contribution in [0.15, 0.2) is 66.3 Å². The predicted molar refractivity (Wildman–Crippen MR) is 140 cm³/mol. The van der Waals surface area contributed by atoms with Crippen LogP contribution in [0.2, 0.25) is 0 Å². The summed E-state index contributed by atoms with van der Waals surface area (Å²) in [6.07, 6.45) is 5.71. The highest BCUT2D eigenvalue weighted by molar-refractivity contribution is 6.01. The fraction of sp³-hybridized carbons (Fsp3) is 0.269. The standard InChI is InChI=1S/C26H26F3N9O/c1-36-15-18(12-35-36)17-10-22(31-11-17)23(34-16-30)37-6-8-38(9-7-37)25-32-13-20(14-33-25)26(39,24(28)29)19-2-4-21(27)5-3-19/h2-5,10-16,24,30-31,39H,6-9H2,1H3/b30-16?,34-23+/t26-/m0/s1. The Labute approximate surface area is 222 Å². The minimum atomic E-state index is -3.18. The zero-order valence-corrected chi connectivity index (χ0v) is 21.0. The quantitative estimate of drug-likeness (QED) is 0.246. The van der Waals surface area contributed by atoms with Gasteiger partial charge < -0.3 is 19.9 Å². The van der Waals surface area contributed by atoms with Gasteiger partial charge in [-0.2, -0.15) is 5.10 Å². The van der Waals surface area contributed by atoms with E-state index in [1.54, 1.807) is 10.9 Å². The number of alkyl halides is 2. The second-order valence-corrected chi connectivity index (χ2v) is 9.11. The lowest BCUT2D eigenvalue weighted by Crippen LogP contribution is -2.49. The van der Waals surface area contributed by atoms with Crippen LogP contribution in [0.3, 0.4) is 0 Å². The number of halogens is 3. The Kier molecular flexibility index (Phi) is 7.15. The first-order valence-corrected chi connectivity index (χ1v) is 12.1. The van der Waals surface area contributed by atoms with Crippen LogP contribution in [0.25, 0.3) is 11.1 Å². The maximum absolute atomic E-state index is 14.0. The topological polar surface area (TPSA) is 122 Å². The Hall–Kier alpha value is -4.52. The molecule has 1 fully saturated rings. The molecule has 0 saturated carbocycles. The van der Waals surface area contributed by atoms with E-state index in [1.807, 2.05) is 35.3 Å². The van der Waals surface area contributed by atoms with Crippen molar-refractivity contribution in [2.24, 2.45) is 12.0 Å². The lowest BCUT2D eigenvalue weighted by Gasteiger charge is -2.36. The normalized spacial score (nSPS) is 16.0. The zero-order valence-electron chi connectivity index (χ0n) is 21.0. The third kappa shape index (κ3) is 5.12. The molecule has 0 amide bonds. The number of hydrogen-bond acceptors (Lipinski definition) is 6. The van der Waals surface area contributed by atoms with E-state index in [-0.39, 0.29) is 11.1 Å². The van der Waals surface area contributed by atoms with Crippen LogP contribution in [0.1, 0.15) is 16.8 Å². The van der Waals surface area contributed by atoms with Crippen molar-refractivity contribution in [3.8, 4) is 11.1 Å². The highest BCUT2D eigenvalue weighted by Gasteiger charge is 2.42. The number of aliphatic imine (C=N–C) groups is 1. The lowest BCUT2D eigenvalue weighted by molar-refractivity contribution is -0.0722. The first kappa shape index (κ1) is 26.1. The summed E-state index contributed by atoms with van der Waals surface area (Å²) < 4.78 is 43.0. The molecule has 10 nitrogen and oxygen atoms in total. The molecule has 4 aromatic rings. The van der Waals surface area contributed by atoms with E-state index in [1.165, 1.54) is 12.4 Å². The highest BCUT2D eigenvalue weighted by atomic mass is 19.3. The molecule has 39 heavy (non-hydrogen) atoms. The summed E-state index contributed by atoms with van der Waals surface area (Å²) in [6, 6.07) is 6.22. The number of benzene rings is 1. The number of nitrogens with zero attached hydrogens (tertiary/aromatic N) is 7. The third-order valence-corrected chi connectivity index (χ3v) is 6.69. The molecule has 1 aliphatic heterocycles. The Bertz CT molecular complexity index is 1460. The second-order valence-electron chi connectivity index (χ2n) is 9.11. The molecule has 0 radical (unpaired) electrons. The van der Waals surface area contributed by atoms with Crippen molar-refractivity contribution in [1.29, 1.82) is 5.41 Å². The monoisotopic (exact) mass is 537 g/mol. The first-order chi connectivity index (χ1) is 18.8. The molecule has 1 saturated heterocycles. The van der Waals surface area contributed by atoms with Crippen molar-refractivity contribution in [3.05, 3.63) is 84.0 Å². The summed E-state index contributed by atoms with van der Waals surface area (Å²) in [5.74, 6) is 0.357. The molecule has 13 heteroatoms. The van der Waals surface area contributed by atoms with Crippen LogP contribution in [-0.2, 0) is 12.6 Å². The summed E-state index contributed by atoms with van der Waals surface area (Å²) in [5, 5.41) is 22.6. The maximum atomic E-state index is 14.0. The molecule has 5 rings (SSSR count). The largest absolute Gasteiger partial charge is 0.375 e. The molecular weight excluding hydrogens is 511 g/mol. The molecule has 0 aliphatic carbocycles. The molecule has 1 aromatic carbocycles. The molecular formula is C26H26F3N9O. The molecule has 1 atom stereocenters. The lowest BCUT2D eigenvalue weighted by atomic mass is 9.88. The van der Waals surface area contributed by atoms with E-state index in [9.17, 15) is 18.3 Å². The maximum Gasteiger partial charge on any atom is 0.275 e. The SMILES string of the molecule is Cn1cc(-c2c[nH]c(/C(=N\C=N)N3CCN(c4ncc([C@@](O)(c5ccc(F)cc5)C(F)F)cn4)CC3)c2)cn1. The number of aryl methyl sites for hydroxylation is 1. The van der Waals surface area contributed by atoms with Gasteiger partial charge in [-0.1, -0.05) is 12.1 Å². The molecule has 3 N–H and O–H groups in total.